The van der Waals surface area contributed by atoms with E-state index in [4.69, 9.17) is 9.84 Å². The quantitative estimate of drug-likeness (QED) is 0.235. The SMILES string of the molecule is C=CCOCC(NC(=O)CNC(=O)c1ccc([N+](=O)[O-])c(C)c1)C(=O)O. The second-order valence-electron chi connectivity index (χ2n) is 5.23. The minimum Gasteiger partial charge on any atom is -0.480 e. The molecule has 3 N–H and O–H groups in total. The molecule has 140 valence electrons. The van der Waals surface area contributed by atoms with Crippen LogP contribution in [0.2, 0.25) is 0 Å². The molecule has 10 nitrogen and oxygen atoms in total. The predicted octanol–water partition coefficient (Wildman–Crippen LogP) is 0.405. The number of rotatable bonds is 10. The van der Waals surface area contributed by atoms with Gasteiger partial charge >= 0.3 is 5.97 Å². The summed E-state index contributed by atoms with van der Waals surface area (Å²) in [5.41, 5.74) is 0.325. The predicted molar refractivity (Wildman–Crippen MR) is 90.7 cm³/mol. The van der Waals surface area contributed by atoms with E-state index in [1.54, 1.807) is 0 Å². The van der Waals surface area contributed by atoms with Gasteiger partial charge in [0.05, 0.1) is 24.7 Å². The van der Waals surface area contributed by atoms with Gasteiger partial charge in [-0.05, 0) is 19.1 Å². The fraction of sp³-hybridized carbons (Fsp3) is 0.312. The molecular formula is C16H19N3O7. The molecule has 26 heavy (non-hydrogen) atoms. The van der Waals surface area contributed by atoms with E-state index in [0.717, 1.165) is 0 Å². The number of carboxylic acids is 1. The molecule has 1 aromatic carbocycles. The number of carboxylic acid groups (broad SMARTS) is 1. The van der Waals surface area contributed by atoms with Gasteiger partial charge in [-0.1, -0.05) is 6.08 Å². The van der Waals surface area contributed by atoms with Crippen LogP contribution >= 0.6 is 0 Å². The molecule has 0 aliphatic rings. The summed E-state index contributed by atoms with van der Waals surface area (Å²) in [5.74, 6) is -2.61. The van der Waals surface area contributed by atoms with E-state index in [0.29, 0.717) is 5.56 Å². The zero-order chi connectivity index (χ0) is 19.7. The summed E-state index contributed by atoms with van der Waals surface area (Å²) >= 11 is 0. The van der Waals surface area contributed by atoms with Crippen molar-refractivity contribution in [2.24, 2.45) is 0 Å². The van der Waals surface area contributed by atoms with Gasteiger partial charge in [0.15, 0.2) is 6.04 Å². The maximum Gasteiger partial charge on any atom is 0.328 e. The number of ether oxygens (including phenoxy) is 1. The normalized spacial score (nSPS) is 11.3. The van der Waals surface area contributed by atoms with Crippen LogP contribution in [-0.2, 0) is 14.3 Å². The molecule has 1 unspecified atom stereocenters. The van der Waals surface area contributed by atoms with E-state index >= 15 is 0 Å². The number of nitrogens with one attached hydrogen (secondary N) is 2. The first-order valence-electron chi connectivity index (χ1n) is 7.50. The van der Waals surface area contributed by atoms with E-state index in [1.165, 1.54) is 31.2 Å². The van der Waals surface area contributed by atoms with Gasteiger partial charge in [-0.2, -0.15) is 0 Å². The van der Waals surface area contributed by atoms with Crippen molar-refractivity contribution in [2.45, 2.75) is 13.0 Å². The lowest BCUT2D eigenvalue weighted by Gasteiger charge is -2.14. The van der Waals surface area contributed by atoms with Gasteiger partial charge in [-0.15, -0.1) is 6.58 Å². The highest BCUT2D eigenvalue weighted by atomic mass is 16.6. The maximum absolute atomic E-state index is 12.0. The lowest BCUT2D eigenvalue weighted by molar-refractivity contribution is -0.385. The van der Waals surface area contributed by atoms with Crippen LogP contribution in [0.4, 0.5) is 5.69 Å². The molecule has 0 saturated carbocycles. The van der Waals surface area contributed by atoms with E-state index in [1.807, 2.05) is 0 Å². The van der Waals surface area contributed by atoms with Crippen molar-refractivity contribution in [1.82, 2.24) is 10.6 Å². The molecular weight excluding hydrogens is 346 g/mol. The number of carbonyl (C=O) groups excluding carboxylic acids is 2. The number of amides is 2. The summed E-state index contributed by atoms with van der Waals surface area (Å²) in [6.07, 6.45) is 1.44. The Kier molecular flexibility index (Phi) is 7.90. The third-order valence-electron chi connectivity index (χ3n) is 3.22. The van der Waals surface area contributed by atoms with E-state index < -0.39 is 35.3 Å². The standard InChI is InChI=1S/C16H19N3O7/c1-3-6-26-9-12(16(22)23)18-14(20)8-17-15(21)11-4-5-13(19(24)25)10(2)7-11/h3-5,7,12H,1,6,8-9H2,2H3,(H,17,21)(H,18,20)(H,22,23). The van der Waals surface area contributed by atoms with Gasteiger partial charge in [0.25, 0.3) is 11.6 Å². The van der Waals surface area contributed by atoms with Gasteiger partial charge in [0, 0.05) is 17.2 Å². The summed E-state index contributed by atoms with van der Waals surface area (Å²) in [5, 5.41) is 24.3. The largest absolute Gasteiger partial charge is 0.480 e. The Labute approximate surface area is 149 Å². The molecule has 1 aromatic rings. The van der Waals surface area contributed by atoms with Gasteiger partial charge in [-0.3, -0.25) is 19.7 Å². The van der Waals surface area contributed by atoms with Crippen molar-refractivity contribution < 1.29 is 29.2 Å². The van der Waals surface area contributed by atoms with Gasteiger partial charge in [0.1, 0.15) is 0 Å². The van der Waals surface area contributed by atoms with Crippen molar-refractivity contribution in [2.75, 3.05) is 19.8 Å². The summed E-state index contributed by atoms with van der Waals surface area (Å²) in [6.45, 7) is 4.34. The van der Waals surface area contributed by atoms with Crippen molar-refractivity contribution >= 4 is 23.5 Å². The molecule has 0 aliphatic carbocycles. The molecule has 1 atom stereocenters. The number of aryl methyl sites for hydroxylation is 1. The first-order valence-corrected chi connectivity index (χ1v) is 7.50. The van der Waals surface area contributed by atoms with Crippen LogP contribution in [0, 0.1) is 17.0 Å². The average Bonchev–Trinajstić information content (AvgIpc) is 2.58. The second-order valence-corrected chi connectivity index (χ2v) is 5.23. The lowest BCUT2D eigenvalue weighted by Crippen LogP contribution is -2.47. The van der Waals surface area contributed by atoms with E-state index in [9.17, 15) is 24.5 Å². The molecule has 0 aliphatic heterocycles. The first-order chi connectivity index (χ1) is 12.3. The zero-order valence-corrected chi connectivity index (χ0v) is 14.1. The lowest BCUT2D eigenvalue weighted by atomic mass is 10.1. The number of nitro benzene ring substituents is 1. The number of hydrogen-bond donors (Lipinski definition) is 3. The molecule has 0 spiro atoms. The third-order valence-corrected chi connectivity index (χ3v) is 3.22. The van der Waals surface area contributed by atoms with E-state index in [-0.39, 0.29) is 24.5 Å². The highest BCUT2D eigenvalue weighted by molar-refractivity contribution is 5.97. The highest BCUT2D eigenvalue weighted by Crippen LogP contribution is 2.18. The van der Waals surface area contributed by atoms with Gasteiger partial charge in [-0.25, -0.2) is 4.79 Å². The molecule has 0 aromatic heterocycles. The molecule has 0 fully saturated rings. The highest BCUT2D eigenvalue weighted by Gasteiger charge is 2.20. The monoisotopic (exact) mass is 365 g/mol. The van der Waals surface area contributed by atoms with Crippen molar-refractivity contribution in [1.29, 1.82) is 0 Å². The summed E-state index contributed by atoms with van der Waals surface area (Å²) in [6, 6.07) is 2.53. The maximum atomic E-state index is 12.0. The minimum atomic E-state index is -1.28. The van der Waals surface area contributed by atoms with Crippen LogP contribution in [-0.4, -0.2) is 53.6 Å². The smallest absolute Gasteiger partial charge is 0.328 e. The van der Waals surface area contributed by atoms with Crippen LogP contribution in [0.15, 0.2) is 30.9 Å². The third kappa shape index (κ3) is 6.32. The number of carbonyl (C=O) groups is 3. The van der Waals surface area contributed by atoms with Crippen molar-refractivity contribution in [3.8, 4) is 0 Å². The van der Waals surface area contributed by atoms with Crippen LogP contribution in [0.25, 0.3) is 0 Å². The number of hydrogen-bond acceptors (Lipinski definition) is 6. The van der Waals surface area contributed by atoms with Crippen molar-refractivity contribution in [3.63, 3.8) is 0 Å². The average molecular weight is 365 g/mol. The molecule has 1 rings (SSSR count). The number of aliphatic carboxylic acids is 1. The molecule has 0 radical (unpaired) electrons. The molecule has 0 saturated heterocycles. The van der Waals surface area contributed by atoms with Crippen LogP contribution in [0.1, 0.15) is 15.9 Å². The second kappa shape index (κ2) is 9.89. The summed E-state index contributed by atoms with van der Waals surface area (Å²) < 4.78 is 4.99. The van der Waals surface area contributed by atoms with Crippen LogP contribution < -0.4 is 10.6 Å². The molecule has 2 amide bonds. The topological polar surface area (TPSA) is 148 Å². The van der Waals surface area contributed by atoms with Gasteiger partial charge in [0.2, 0.25) is 5.91 Å². The Balaban J connectivity index is 2.59. The van der Waals surface area contributed by atoms with Crippen LogP contribution in [0.5, 0.6) is 0 Å². The Morgan fingerprint density at radius 1 is 1.42 bits per heavy atom. The fourth-order valence-electron chi connectivity index (χ4n) is 1.95. The van der Waals surface area contributed by atoms with Crippen molar-refractivity contribution in [3.05, 3.63) is 52.1 Å². The van der Waals surface area contributed by atoms with Crippen LogP contribution in [0.3, 0.4) is 0 Å². The number of benzene rings is 1. The fourth-order valence-corrected chi connectivity index (χ4v) is 1.95. The summed E-state index contributed by atoms with van der Waals surface area (Å²) in [7, 11) is 0. The minimum absolute atomic E-state index is 0.122. The number of nitrogens with zero attached hydrogens (tertiary/aromatic N) is 1. The Hall–Kier alpha value is -3.27. The van der Waals surface area contributed by atoms with Gasteiger partial charge < -0.3 is 20.5 Å². The zero-order valence-electron chi connectivity index (χ0n) is 14.1. The molecule has 0 bridgehead atoms. The summed E-state index contributed by atoms with van der Waals surface area (Å²) in [4.78, 5) is 45.0. The molecule has 0 heterocycles. The Morgan fingerprint density at radius 2 is 2.12 bits per heavy atom. The van der Waals surface area contributed by atoms with E-state index in [2.05, 4.69) is 17.2 Å². The number of nitro groups is 1. The first kappa shape index (κ1) is 20.8. The molecule has 10 heteroatoms. The Morgan fingerprint density at radius 3 is 2.65 bits per heavy atom. The Bertz CT molecular complexity index is 718.